The zero-order valence-electron chi connectivity index (χ0n) is 12.8. The molecule has 2 fully saturated rings. The number of hydrogen-bond acceptors (Lipinski definition) is 2. The van der Waals surface area contributed by atoms with E-state index in [4.69, 9.17) is 0 Å². The summed E-state index contributed by atoms with van der Waals surface area (Å²) >= 11 is 0. The topological polar surface area (TPSA) is 15.3 Å². The Morgan fingerprint density at radius 2 is 1.80 bits per heavy atom. The molecule has 0 bridgehead atoms. The molecule has 2 nitrogen and oxygen atoms in total. The van der Waals surface area contributed by atoms with Crippen LogP contribution in [0.1, 0.15) is 44.6 Å². The van der Waals surface area contributed by atoms with Crippen molar-refractivity contribution >= 4 is 0 Å². The SMILES string of the molecule is CC(CNC1CC1)(CN1CCCCC1)c1ccccc1. The molecule has 1 atom stereocenters. The Morgan fingerprint density at radius 3 is 2.45 bits per heavy atom. The van der Waals surface area contributed by atoms with E-state index < -0.39 is 0 Å². The van der Waals surface area contributed by atoms with Gasteiger partial charge in [-0.2, -0.15) is 0 Å². The van der Waals surface area contributed by atoms with E-state index in [0.29, 0.717) is 0 Å². The third-order valence-corrected chi connectivity index (χ3v) is 4.85. The maximum absolute atomic E-state index is 3.76. The molecule has 1 N–H and O–H groups in total. The van der Waals surface area contributed by atoms with Crippen LogP contribution in [0.2, 0.25) is 0 Å². The Hall–Kier alpha value is -0.860. The van der Waals surface area contributed by atoms with Gasteiger partial charge in [-0.1, -0.05) is 43.7 Å². The quantitative estimate of drug-likeness (QED) is 0.855. The average molecular weight is 272 g/mol. The number of piperidine rings is 1. The molecule has 1 saturated carbocycles. The smallest absolute Gasteiger partial charge is 0.0177 e. The summed E-state index contributed by atoms with van der Waals surface area (Å²) in [5.74, 6) is 0. The molecule has 1 aliphatic heterocycles. The van der Waals surface area contributed by atoms with Gasteiger partial charge in [0.1, 0.15) is 0 Å². The maximum atomic E-state index is 3.76. The van der Waals surface area contributed by atoms with Gasteiger partial charge >= 0.3 is 0 Å². The van der Waals surface area contributed by atoms with Crippen molar-refractivity contribution < 1.29 is 0 Å². The molecule has 20 heavy (non-hydrogen) atoms. The first kappa shape index (κ1) is 14.1. The minimum atomic E-state index is 0.237. The van der Waals surface area contributed by atoms with Crippen LogP contribution < -0.4 is 5.32 Å². The monoisotopic (exact) mass is 272 g/mol. The maximum Gasteiger partial charge on any atom is 0.0177 e. The Kier molecular flexibility index (Phi) is 4.42. The highest BCUT2D eigenvalue weighted by molar-refractivity contribution is 5.26. The third kappa shape index (κ3) is 3.62. The molecule has 0 aromatic heterocycles. The zero-order valence-corrected chi connectivity index (χ0v) is 12.8. The van der Waals surface area contributed by atoms with Gasteiger partial charge in [0.2, 0.25) is 0 Å². The van der Waals surface area contributed by atoms with Crippen LogP contribution in [-0.2, 0) is 5.41 Å². The van der Waals surface area contributed by atoms with Crippen molar-refractivity contribution in [1.29, 1.82) is 0 Å². The fraction of sp³-hybridized carbons (Fsp3) is 0.667. The highest BCUT2D eigenvalue weighted by atomic mass is 15.1. The van der Waals surface area contributed by atoms with Crippen LogP contribution in [0.15, 0.2) is 30.3 Å². The van der Waals surface area contributed by atoms with Gasteiger partial charge in [-0.05, 0) is 44.3 Å². The van der Waals surface area contributed by atoms with Crippen LogP contribution in [-0.4, -0.2) is 37.1 Å². The minimum absolute atomic E-state index is 0.237. The molecule has 1 saturated heterocycles. The van der Waals surface area contributed by atoms with E-state index in [9.17, 15) is 0 Å². The third-order valence-electron chi connectivity index (χ3n) is 4.85. The predicted molar refractivity (Wildman–Crippen MR) is 85.1 cm³/mol. The summed E-state index contributed by atoms with van der Waals surface area (Å²) in [5, 5.41) is 3.76. The van der Waals surface area contributed by atoms with E-state index in [2.05, 4.69) is 47.5 Å². The molecule has 1 heterocycles. The van der Waals surface area contributed by atoms with Crippen LogP contribution in [0.25, 0.3) is 0 Å². The number of likely N-dealkylation sites (tertiary alicyclic amines) is 1. The molecular weight excluding hydrogens is 244 g/mol. The number of nitrogens with zero attached hydrogens (tertiary/aromatic N) is 1. The second-order valence-corrected chi connectivity index (χ2v) is 6.92. The molecule has 110 valence electrons. The van der Waals surface area contributed by atoms with Gasteiger partial charge in [-0.3, -0.25) is 0 Å². The van der Waals surface area contributed by atoms with Gasteiger partial charge in [0.15, 0.2) is 0 Å². The van der Waals surface area contributed by atoms with Crippen LogP contribution in [0, 0.1) is 0 Å². The summed E-state index contributed by atoms with van der Waals surface area (Å²) in [6, 6.07) is 11.9. The minimum Gasteiger partial charge on any atom is -0.313 e. The number of benzene rings is 1. The average Bonchev–Trinajstić information content (AvgIpc) is 3.32. The van der Waals surface area contributed by atoms with E-state index in [1.165, 1.54) is 57.3 Å². The Balaban J connectivity index is 1.70. The van der Waals surface area contributed by atoms with Gasteiger partial charge in [-0.25, -0.2) is 0 Å². The molecule has 2 heteroatoms. The molecule has 3 rings (SSSR count). The number of nitrogens with one attached hydrogen (secondary N) is 1. The van der Waals surface area contributed by atoms with E-state index in [-0.39, 0.29) is 5.41 Å². The summed E-state index contributed by atoms with van der Waals surface area (Å²) in [4.78, 5) is 2.67. The summed E-state index contributed by atoms with van der Waals surface area (Å²) < 4.78 is 0. The lowest BCUT2D eigenvalue weighted by atomic mass is 9.81. The zero-order chi connectivity index (χ0) is 13.8. The van der Waals surface area contributed by atoms with E-state index >= 15 is 0 Å². The van der Waals surface area contributed by atoms with Gasteiger partial charge in [0.25, 0.3) is 0 Å². The fourth-order valence-electron chi connectivity index (χ4n) is 3.36. The molecule has 0 radical (unpaired) electrons. The Morgan fingerprint density at radius 1 is 1.10 bits per heavy atom. The second kappa shape index (κ2) is 6.28. The van der Waals surface area contributed by atoms with Crippen LogP contribution in [0.5, 0.6) is 0 Å². The van der Waals surface area contributed by atoms with Crippen LogP contribution in [0.4, 0.5) is 0 Å². The largest absolute Gasteiger partial charge is 0.313 e. The lowest BCUT2D eigenvalue weighted by Gasteiger charge is -2.38. The van der Waals surface area contributed by atoms with Gasteiger partial charge < -0.3 is 10.2 Å². The standard InChI is InChI=1S/C18H28N2/c1-18(14-19-17-10-11-17,16-8-4-2-5-9-16)15-20-12-6-3-7-13-20/h2,4-5,8-9,17,19H,3,6-7,10-15H2,1H3. The number of hydrogen-bond donors (Lipinski definition) is 1. The summed E-state index contributed by atoms with van der Waals surface area (Å²) in [6.07, 6.45) is 6.91. The summed E-state index contributed by atoms with van der Waals surface area (Å²) in [5.41, 5.74) is 1.72. The molecule has 1 aliphatic carbocycles. The first-order valence-corrected chi connectivity index (χ1v) is 8.28. The summed E-state index contributed by atoms with van der Waals surface area (Å²) in [6.45, 7) is 7.30. The molecule has 0 spiro atoms. The number of rotatable bonds is 6. The molecular formula is C18H28N2. The van der Waals surface area contributed by atoms with Crippen molar-refractivity contribution in [2.75, 3.05) is 26.2 Å². The second-order valence-electron chi connectivity index (χ2n) is 6.92. The van der Waals surface area contributed by atoms with Crippen molar-refractivity contribution in [3.63, 3.8) is 0 Å². The van der Waals surface area contributed by atoms with Crippen molar-refractivity contribution in [1.82, 2.24) is 10.2 Å². The van der Waals surface area contributed by atoms with E-state index in [1.54, 1.807) is 0 Å². The lowest BCUT2D eigenvalue weighted by molar-refractivity contribution is 0.180. The van der Waals surface area contributed by atoms with Gasteiger partial charge in [-0.15, -0.1) is 0 Å². The molecule has 0 amide bonds. The first-order valence-electron chi connectivity index (χ1n) is 8.28. The van der Waals surface area contributed by atoms with Crippen molar-refractivity contribution in [2.45, 2.75) is 50.5 Å². The van der Waals surface area contributed by atoms with E-state index in [0.717, 1.165) is 12.6 Å². The lowest BCUT2D eigenvalue weighted by Crippen LogP contribution is -2.47. The Labute approximate surface area is 123 Å². The van der Waals surface area contributed by atoms with Crippen molar-refractivity contribution in [3.05, 3.63) is 35.9 Å². The van der Waals surface area contributed by atoms with E-state index in [1.807, 2.05) is 0 Å². The molecule has 2 aliphatic rings. The highest BCUT2D eigenvalue weighted by Gasteiger charge is 2.32. The van der Waals surface area contributed by atoms with Gasteiger partial charge in [0, 0.05) is 24.5 Å². The highest BCUT2D eigenvalue weighted by Crippen LogP contribution is 2.28. The van der Waals surface area contributed by atoms with Crippen molar-refractivity contribution in [3.8, 4) is 0 Å². The Bertz CT molecular complexity index is 407. The fourth-order valence-corrected chi connectivity index (χ4v) is 3.36. The van der Waals surface area contributed by atoms with Crippen LogP contribution >= 0.6 is 0 Å². The molecule has 1 aromatic carbocycles. The predicted octanol–water partition coefficient (Wildman–Crippen LogP) is 3.18. The van der Waals surface area contributed by atoms with Crippen LogP contribution in [0.3, 0.4) is 0 Å². The molecule has 1 aromatic rings. The molecule has 1 unspecified atom stereocenters. The van der Waals surface area contributed by atoms with Gasteiger partial charge in [0.05, 0.1) is 0 Å². The first-order chi connectivity index (χ1) is 9.76. The normalized spacial score (nSPS) is 23.4. The van der Waals surface area contributed by atoms with Crippen molar-refractivity contribution in [2.24, 2.45) is 0 Å². The summed E-state index contributed by atoms with van der Waals surface area (Å²) in [7, 11) is 0.